The standard InChI is InChI=1S/C19H16ClFN2O3.C18H15ClFN3O2/c1-25-16-7-6-13(10-23-11-22-9-15(23)19(24)26-2)18(21)17(16)12-4-3-5-14(20)8-12;1-25-15-6-5-12(9-23-10-22-8-14(23)18(21)24)17(20)16(15)11-3-2-4-13(19)7-11/h3-9,11H,10H2,1-2H3;2-8,10H,9H2,1H3,(H2,21,24). The van der Waals surface area contributed by atoms with E-state index in [1.807, 2.05) is 0 Å². The minimum atomic E-state index is -0.624. The summed E-state index contributed by atoms with van der Waals surface area (Å²) in [6.07, 6.45) is 5.62. The van der Waals surface area contributed by atoms with Gasteiger partial charge in [-0.05, 0) is 47.5 Å². The Morgan fingerprint density at radius 2 is 1.16 bits per heavy atom. The van der Waals surface area contributed by atoms with Gasteiger partial charge in [-0.15, -0.1) is 0 Å². The molecule has 4 aromatic carbocycles. The molecule has 2 N–H and O–H groups in total. The number of methoxy groups -OCH3 is 3. The molecule has 0 unspecified atom stereocenters. The molecule has 0 spiro atoms. The van der Waals surface area contributed by atoms with Crippen molar-refractivity contribution in [1.82, 2.24) is 19.1 Å². The van der Waals surface area contributed by atoms with Gasteiger partial charge in [0.25, 0.3) is 5.91 Å². The Morgan fingerprint density at radius 1 is 0.706 bits per heavy atom. The van der Waals surface area contributed by atoms with Crippen molar-refractivity contribution in [3.8, 4) is 33.8 Å². The van der Waals surface area contributed by atoms with Crippen LogP contribution in [0.25, 0.3) is 22.3 Å². The van der Waals surface area contributed by atoms with Gasteiger partial charge < -0.3 is 29.1 Å². The molecule has 0 saturated heterocycles. The highest BCUT2D eigenvalue weighted by atomic mass is 35.5. The fourth-order valence-corrected chi connectivity index (χ4v) is 5.73. The van der Waals surface area contributed by atoms with Crippen LogP contribution >= 0.6 is 23.2 Å². The van der Waals surface area contributed by atoms with Crippen LogP contribution in [0, 0.1) is 11.6 Å². The summed E-state index contributed by atoms with van der Waals surface area (Å²) >= 11 is 12.1. The van der Waals surface area contributed by atoms with Crippen molar-refractivity contribution in [3.05, 3.63) is 142 Å². The van der Waals surface area contributed by atoms with E-state index in [0.717, 1.165) is 0 Å². The Morgan fingerprint density at radius 3 is 1.57 bits per heavy atom. The molecule has 51 heavy (non-hydrogen) atoms. The molecule has 0 aliphatic heterocycles. The van der Waals surface area contributed by atoms with Crippen LogP contribution < -0.4 is 15.2 Å². The molecule has 0 bridgehead atoms. The van der Waals surface area contributed by atoms with Crippen LogP contribution in [0.5, 0.6) is 11.5 Å². The summed E-state index contributed by atoms with van der Waals surface area (Å²) < 4.78 is 48.8. The predicted octanol–water partition coefficient (Wildman–Crippen LogP) is 7.68. The lowest BCUT2D eigenvalue weighted by molar-refractivity contribution is 0.0588. The summed E-state index contributed by atoms with van der Waals surface area (Å²) in [7, 11) is 4.24. The number of hydrogen-bond donors (Lipinski definition) is 1. The molecule has 0 fully saturated rings. The van der Waals surface area contributed by atoms with Gasteiger partial charge in [-0.25, -0.2) is 23.5 Å². The number of rotatable bonds is 10. The minimum absolute atomic E-state index is 0.113. The molecule has 0 aliphatic carbocycles. The van der Waals surface area contributed by atoms with Crippen LogP contribution in [-0.2, 0) is 17.8 Å². The van der Waals surface area contributed by atoms with Gasteiger partial charge in [0.1, 0.15) is 34.5 Å². The summed E-state index contributed by atoms with van der Waals surface area (Å²) in [5.41, 5.74) is 8.33. The van der Waals surface area contributed by atoms with E-state index in [-0.39, 0.29) is 24.5 Å². The van der Waals surface area contributed by atoms with E-state index in [9.17, 15) is 9.59 Å². The maximum atomic E-state index is 15.3. The highest BCUT2D eigenvalue weighted by Crippen LogP contribution is 2.37. The average Bonchev–Trinajstić information content (AvgIpc) is 3.79. The van der Waals surface area contributed by atoms with E-state index in [2.05, 4.69) is 9.97 Å². The van der Waals surface area contributed by atoms with Crippen molar-refractivity contribution >= 4 is 35.1 Å². The smallest absolute Gasteiger partial charge is 0.356 e. The van der Waals surface area contributed by atoms with E-state index in [4.69, 9.17) is 43.1 Å². The van der Waals surface area contributed by atoms with Gasteiger partial charge >= 0.3 is 5.97 Å². The number of hydrogen-bond acceptors (Lipinski definition) is 7. The van der Waals surface area contributed by atoms with Gasteiger partial charge in [0, 0.05) is 21.2 Å². The third-order valence-electron chi connectivity index (χ3n) is 7.79. The number of nitrogens with two attached hydrogens (primary N) is 1. The first kappa shape index (κ1) is 36.6. The largest absolute Gasteiger partial charge is 0.496 e. The van der Waals surface area contributed by atoms with Gasteiger partial charge in [-0.3, -0.25) is 4.79 Å². The van der Waals surface area contributed by atoms with E-state index >= 15 is 8.78 Å². The van der Waals surface area contributed by atoms with Crippen LogP contribution in [-0.4, -0.2) is 52.3 Å². The van der Waals surface area contributed by atoms with Crippen molar-refractivity contribution in [3.63, 3.8) is 0 Å². The Labute approximate surface area is 301 Å². The number of ether oxygens (including phenoxy) is 3. The van der Waals surface area contributed by atoms with Crippen molar-refractivity contribution < 1.29 is 32.6 Å². The Hall–Kier alpha value is -5.72. The first-order chi connectivity index (χ1) is 24.6. The number of nitrogens with zero attached hydrogens (tertiary/aromatic N) is 4. The third kappa shape index (κ3) is 8.19. The molecule has 2 heterocycles. The Bertz CT molecular complexity index is 2200. The molecule has 262 valence electrons. The Balaban J connectivity index is 0.000000198. The molecule has 0 atom stereocenters. The number of carbonyl (C=O) groups is 2. The summed E-state index contributed by atoms with van der Waals surface area (Å²) in [5.74, 6) is -1.27. The van der Waals surface area contributed by atoms with Crippen LogP contribution in [0.3, 0.4) is 0 Å². The van der Waals surface area contributed by atoms with Crippen LogP contribution in [0.4, 0.5) is 8.78 Å². The van der Waals surface area contributed by atoms with Crippen LogP contribution in [0.2, 0.25) is 10.0 Å². The zero-order valence-corrected chi connectivity index (χ0v) is 29.1. The third-order valence-corrected chi connectivity index (χ3v) is 8.26. The lowest BCUT2D eigenvalue weighted by Crippen LogP contribution is -2.17. The highest BCUT2D eigenvalue weighted by Gasteiger charge is 2.20. The predicted molar refractivity (Wildman–Crippen MR) is 189 cm³/mol. The number of esters is 1. The second kappa shape index (κ2) is 16.3. The average molecular weight is 735 g/mol. The molecule has 10 nitrogen and oxygen atoms in total. The molecule has 0 aliphatic rings. The topological polar surface area (TPSA) is 123 Å². The van der Waals surface area contributed by atoms with E-state index in [0.29, 0.717) is 54.9 Å². The number of imidazole rings is 2. The zero-order chi connectivity index (χ0) is 36.7. The summed E-state index contributed by atoms with van der Waals surface area (Å²) in [4.78, 5) is 31.0. The molecule has 14 heteroatoms. The van der Waals surface area contributed by atoms with Crippen molar-refractivity contribution in [1.29, 1.82) is 0 Å². The summed E-state index contributed by atoms with van der Waals surface area (Å²) in [6, 6.07) is 20.3. The van der Waals surface area contributed by atoms with Crippen molar-refractivity contribution in [2.24, 2.45) is 5.73 Å². The minimum Gasteiger partial charge on any atom is -0.496 e. The lowest BCUT2D eigenvalue weighted by Gasteiger charge is -2.14. The SMILES string of the molecule is COC(=O)c1cncn1Cc1ccc(OC)c(-c2cccc(Cl)c2)c1F.COc1ccc(Cn2cncc2C(N)=O)c(F)c1-c1cccc(Cl)c1. The monoisotopic (exact) mass is 733 g/mol. The van der Waals surface area contributed by atoms with E-state index in [1.165, 1.54) is 55.5 Å². The summed E-state index contributed by atoms with van der Waals surface area (Å²) in [6.45, 7) is 0.232. The molecule has 0 saturated carbocycles. The van der Waals surface area contributed by atoms with E-state index in [1.54, 1.807) is 72.8 Å². The number of benzene rings is 4. The first-order valence-corrected chi connectivity index (χ1v) is 15.9. The first-order valence-electron chi connectivity index (χ1n) is 15.2. The van der Waals surface area contributed by atoms with Gasteiger partial charge in [-0.2, -0.15) is 0 Å². The molecule has 2 aromatic heterocycles. The van der Waals surface area contributed by atoms with Crippen LogP contribution in [0.1, 0.15) is 32.1 Å². The number of carbonyl (C=O) groups excluding carboxylic acids is 2. The van der Waals surface area contributed by atoms with E-state index < -0.39 is 23.5 Å². The van der Waals surface area contributed by atoms with Crippen molar-refractivity contribution in [2.45, 2.75) is 13.1 Å². The molecule has 6 aromatic rings. The van der Waals surface area contributed by atoms with Crippen molar-refractivity contribution in [2.75, 3.05) is 21.3 Å². The normalized spacial score (nSPS) is 10.6. The summed E-state index contributed by atoms with van der Waals surface area (Å²) in [5, 5.41) is 0.993. The highest BCUT2D eigenvalue weighted by molar-refractivity contribution is 6.31. The molecule has 6 rings (SSSR count). The maximum Gasteiger partial charge on any atom is 0.356 e. The van der Waals surface area contributed by atoms with Gasteiger partial charge in [0.2, 0.25) is 0 Å². The lowest BCUT2D eigenvalue weighted by atomic mass is 10.0. The quantitative estimate of drug-likeness (QED) is 0.143. The molecule has 1 amide bonds. The second-order valence-corrected chi connectivity index (χ2v) is 11.8. The molecule has 0 radical (unpaired) electrons. The fraction of sp³-hybridized carbons (Fsp3) is 0.135. The number of amides is 1. The zero-order valence-electron chi connectivity index (χ0n) is 27.6. The molecular weight excluding hydrogens is 703 g/mol. The van der Waals surface area contributed by atoms with Crippen LogP contribution in [0.15, 0.2) is 97.8 Å². The maximum absolute atomic E-state index is 15.3. The number of halogens is 4. The molecular formula is C37H31Cl2F2N5O5. The van der Waals surface area contributed by atoms with Gasteiger partial charge in [0.15, 0.2) is 0 Å². The van der Waals surface area contributed by atoms with Gasteiger partial charge in [-0.1, -0.05) is 59.6 Å². The van der Waals surface area contributed by atoms with Gasteiger partial charge in [0.05, 0.1) is 70.6 Å². The second-order valence-electron chi connectivity index (χ2n) is 10.9. The fourth-order valence-electron chi connectivity index (χ4n) is 5.35. The number of primary amides is 1. The Kier molecular flexibility index (Phi) is 11.7. The number of aromatic nitrogens is 4.